The number of rotatable bonds is 4. The van der Waals surface area contributed by atoms with Gasteiger partial charge in [0.25, 0.3) is 9.04 Å². The minimum Gasteiger partial charge on any atom is -0.507 e. The van der Waals surface area contributed by atoms with Crippen molar-refractivity contribution in [3.05, 3.63) is 59.7 Å². The van der Waals surface area contributed by atoms with Crippen LogP contribution in [0.25, 0.3) is 0 Å². The molecular formula is C14H10Cl4O3. The summed E-state index contributed by atoms with van der Waals surface area (Å²) in [5.74, 6) is -0.354. The van der Waals surface area contributed by atoms with E-state index in [1.54, 1.807) is 24.3 Å². The highest BCUT2D eigenvalue weighted by Gasteiger charge is 2.42. The van der Waals surface area contributed by atoms with Crippen LogP contribution in [0.15, 0.2) is 48.5 Å². The molecule has 0 fully saturated rings. The Hall–Kier alpha value is -0.840. The van der Waals surface area contributed by atoms with Crippen molar-refractivity contribution in [1.82, 2.24) is 0 Å². The number of benzene rings is 2. The normalized spacial score (nSPS) is 12.4. The van der Waals surface area contributed by atoms with E-state index in [-0.39, 0.29) is 22.6 Å². The van der Waals surface area contributed by atoms with Gasteiger partial charge in [0.05, 0.1) is 11.1 Å². The van der Waals surface area contributed by atoms with Crippen LogP contribution in [0.1, 0.15) is 11.1 Å². The molecule has 0 aliphatic rings. The minimum absolute atomic E-state index is 0.0782. The van der Waals surface area contributed by atoms with E-state index in [0.29, 0.717) is 0 Å². The summed E-state index contributed by atoms with van der Waals surface area (Å²) in [4.78, 5) is 0. The second kappa shape index (κ2) is 6.11. The maximum absolute atomic E-state index is 9.78. The molecule has 0 saturated carbocycles. The molecule has 0 amide bonds. The van der Waals surface area contributed by atoms with Crippen molar-refractivity contribution >= 4 is 46.4 Å². The first-order valence-electron chi connectivity index (χ1n) is 5.77. The van der Waals surface area contributed by atoms with Gasteiger partial charge in [-0.2, -0.15) is 0 Å². The van der Waals surface area contributed by atoms with Crippen molar-refractivity contribution in [2.24, 2.45) is 0 Å². The summed E-state index contributed by atoms with van der Waals surface area (Å²) in [6, 6.07) is 12.1. The third kappa shape index (κ3) is 3.68. The highest BCUT2D eigenvalue weighted by atomic mass is 35.5. The number of halogens is 4. The first-order chi connectivity index (χ1) is 9.74. The number of phenols is 2. The van der Waals surface area contributed by atoms with Gasteiger partial charge in [-0.3, -0.25) is 0 Å². The lowest BCUT2D eigenvalue weighted by Gasteiger charge is -2.30. The first-order valence-corrected chi connectivity index (χ1v) is 7.28. The third-order valence-electron chi connectivity index (χ3n) is 2.69. The van der Waals surface area contributed by atoms with Crippen LogP contribution in [0, 0.1) is 0 Å². The van der Waals surface area contributed by atoms with Gasteiger partial charge in [0.2, 0.25) is 0 Å². The number of ether oxygens (including phenoxy) is 1. The number of alkyl halides is 4. The molecule has 0 saturated heterocycles. The van der Waals surface area contributed by atoms with E-state index in [4.69, 9.17) is 51.1 Å². The smallest absolute Gasteiger partial charge is 0.250 e. The van der Waals surface area contributed by atoms with E-state index in [0.717, 1.165) is 0 Å². The van der Waals surface area contributed by atoms with Crippen LogP contribution in [-0.4, -0.2) is 10.2 Å². The molecule has 0 aliphatic heterocycles. The lowest BCUT2D eigenvalue weighted by atomic mass is 10.2. The molecule has 0 bridgehead atoms. The molecule has 0 aliphatic carbocycles. The van der Waals surface area contributed by atoms with E-state index in [1.165, 1.54) is 24.3 Å². The van der Waals surface area contributed by atoms with Gasteiger partial charge in [0.1, 0.15) is 11.5 Å². The number of hydrogen-bond acceptors (Lipinski definition) is 3. The molecule has 2 aromatic rings. The average Bonchev–Trinajstić information content (AvgIpc) is 2.38. The molecule has 2 aromatic carbocycles. The van der Waals surface area contributed by atoms with E-state index in [1.807, 2.05) is 0 Å². The zero-order chi connectivity index (χ0) is 15.7. The molecular weight excluding hydrogens is 358 g/mol. The van der Waals surface area contributed by atoms with Crippen LogP contribution in [-0.2, 0) is 13.8 Å². The quantitative estimate of drug-likeness (QED) is 0.748. The number of para-hydroxylation sites is 2. The molecule has 0 spiro atoms. The molecule has 0 aromatic heterocycles. The van der Waals surface area contributed by atoms with Gasteiger partial charge >= 0.3 is 0 Å². The maximum atomic E-state index is 9.78. The van der Waals surface area contributed by atoms with Crippen molar-refractivity contribution in [1.29, 1.82) is 0 Å². The Kier molecular flexibility index (Phi) is 4.81. The fraction of sp³-hybridized carbons (Fsp3) is 0.143. The molecule has 0 heterocycles. The Morgan fingerprint density at radius 1 is 0.667 bits per heavy atom. The van der Waals surface area contributed by atoms with Gasteiger partial charge in [0, 0.05) is 0 Å². The molecule has 2 N–H and O–H groups in total. The van der Waals surface area contributed by atoms with Gasteiger partial charge in [-0.1, -0.05) is 70.7 Å². The lowest BCUT2D eigenvalue weighted by Crippen LogP contribution is -2.26. The van der Waals surface area contributed by atoms with Gasteiger partial charge in [-0.15, -0.1) is 0 Å². The molecule has 2 rings (SSSR count). The molecule has 3 nitrogen and oxygen atoms in total. The van der Waals surface area contributed by atoms with Crippen molar-refractivity contribution in [2.75, 3.05) is 0 Å². The van der Waals surface area contributed by atoms with E-state index in [2.05, 4.69) is 0 Å². The Morgan fingerprint density at radius 3 is 1.33 bits per heavy atom. The number of phenolic OH excluding ortho intramolecular Hbond substituents is 2. The van der Waals surface area contributed by atoms with Crippen molar-refractivity contribution in [3.8, 4) is 11.5 Å². The van der Waals surface area contributed by atoms with E-state index >= 15 is 0 Å². The Bertz CT molecular complexity index is 588. The van der Waals surface area contributed by atoms with Crippen LogP contribution in [0.4, 0.5) is 0 Å². The van der Waals surface area contributed by atoms with Crippen LogP contribution < -0.4 is 0 Å². The van der Waals surface area contributed by atoms with Crippen molar-refractivity contribution < 1.29 is 14.9 Å². The third-order valence-corrected chi connectivity index (χ3v) is 3.81. The average molecular weight is 368 g/mol. The highest BCUT2D eigenvalue weighted by molar-refractivity contribution is 6.50. The van der Waals surface area contributed by atoms with Gasteiger partial charge in [-0.05, 0) is 24.3 Å². The van der Waals surface area contributed by atoms with Gasteiger partial charge in [0.15, 0.2) is 0 Å². The van der Waals surface area contributed by atoms with Crippen molar-refractivity contribution in [3.63, 3.8) is 0 Å². The fourth-order valence-electron chi connectivity index (χ4n) is 1.71. The summed E-state index contributed by atoms with van der Waals surface area (Å²) in [5.41, 5.74) is 0.156. The Balaban J connectivity index is 2.36. The fourth-order valence-corrected chi connectivity index (χ4v) is 2.97. The summed E-state index contributed by atoms with van der Waals surface area (Å²) >= 11 is 24.3. The predicted molar refractivity (Wildman–Crippen MR) is 84.1 cm³/mol. The summed E-state index contributed by atoms with van der Waals surface area (Å²) in [6.07, 6.45) is 0. The lowest BCUT2D eigenvalue weighted by molar-refractivity contribution is 0.0213. The number of hydrogen-bond donors (Lipinski definition) is 2. The van der Waals surface area contributed by atoms with Crippen molar-refractivity contribution in [2.45, 2.75) is 9.04 Å². The zero-order valence-corrected chi connectivity index (χ0v) is 13.5. The van der Waals surface area contributed by atoms with Crippen LogP contribution in [0.2, 0.25) is 0 Å². The topological polar surface area (TPSA) is 49.7 Å². The molecule has 0 atom stereocenters. The standard InChI is InChI=1S/C14H10Cl4O3/c15-13(16,9-5-1-3-7-11(9)19)21-14(17,18)10-6-2-4-8-12(10)20/h1-8,19-20H. The zero-order valence-electron chi connectivity index (χ0n) is 10.4. The van der Waals surface area contributed by atoms with Gasteiger partial charge < -0.3 is 14.9 Å². The SMILES string of the molecule is Oc1ccccc1C(Cl)(Cl)OC(Cl)(Cl)c1ccccc1O. The summed E-state index contributed by atoms with van der Waals surface area (Å²) in [7, 11) is 0. The number of aromatic hydroxyl groups is 2. The Labute approximate surface area is 141 Å². The minimum atomic E-state index is -2.02. The van der Waals surface area contributed by atoms with E-state index in [9.17, 15) is 10.2 Å². The molecule has 0 unspecified atom stereocenters. The van der Waals surface area contributed by atoms with Gasteiger partial charge in [-0.25, -0.2) is 0 Å². The molecule has 112 valence electrons. The largest absolute Gasteiger partial charge is 0.507 e. The van der Waals surface area contributed by atoms with Crippen LogP contribution in [0.3, 0.4) is 0 Å². The van der Waals surface area contributed by atoms with Crippen LogP contribution in [0.5, 0.6) is 11.5 Å². The summed E-state index contributed by atoms with van der Waals surface area (Å²) in [6.45, 7) is 0. The highest BCUT2D eigenvalue weighted by Crippen LogP contribution is 2.50. The first kappa shape index (κ1) is 16.5. The maximum Gasteiger partial charge on any atom is 0.250 e. The summed E-state index contributed by atoms with van der Waals surface area (Å²) in [5, 5.41) is 19.6. The second-order valence-electron chi connectivity index (χ2n) is 4.17. The molecule has 0 radical (unpaired) electrons. The predicted octanol–water partition coefficient (Wildman–Crippen LogP) is 4.99. The van der Waals surface area contributed by atoms with Crippen LogP contribution >= 0.6 is 46.4 Å². The Morgan fingerprint density at radius 2 is 1.00 bits per heavy atom. The summed E-state index contributed by atoms with van der Waals surface area (Å²) < 4.78 is 1.27. The van der Waals surface area contributed by atoms with E-state index < -0.39 is 9.04 Å². The monoisotopic (exact) mass is 366 g/mol. The molecule has 7 heteroatoms. The molecule has 21 heavy (non-hydrogen) atoms. The second-order valence-corrected chi connectivity index (χ2v) is 6.69.